The summed E-state index contributed by atoms with van der Waals surface area (Å²) in [5.41, 5.74) is 1.08. The highest BCUT2D eigenvalue weighted by Gasteiger charge is 2.09. The standard InChI is InChI=1S/C11H18BrN3/c1-3-5-14-9(4-2)6-11-10(12)7-13-8-15-11/h7-9,14H,3-6H2,1-2H3. The van der Waals surface area contributed by atoms with E-state index in [2.05, 4.69) is 45.1 Å². The number of hydrogen-bond acceptors (Lipinski definition) is 3. The molecule has 15 heavy (non-hydrogen) atoms. The lowest BCUT2D eigenvalue weighted by atomic mass is 10.1. The molecule has 0 aliphatic heterocycles. The lowest BCUT2D eigenvalue weighted by molar-refractivity contribution is 0.489. The molecular formula is C11H18BrN3. The molecule has 0 bridgehead atoms. The van der Waals surface area contributed by atoms with Crippen molar-refractivity contribution < 1.29 is 0 Å². The van der Waals surface area contributed by atoms with Crippen molar-refractivity contribution in [1.82, 2.24) is 15.3 Å². The van der Waals surface area contributed by atoms with Crippen LogP contribution < -0.4 is 5.32 Å². The molecule has 84 valence electrons. The SMILES string of the molecule is CCCNC(CC)Cc1ncncc1Br. The van der Waals surface area contributed by atoms with Gasteiger partial charge in [0.15, 0.2) is 0 Å². The molecule has 1 aromatic heterocycles. The van der Waals surface area contributed by atoms with Crippen molar-refractivity contribution in [3.05, 3.63) is 22.7 Å². The average Bonchev–Trinajstić information content (AvgIpc) is 2.26. The summed E-state index contributed by atoms with van der Waals surface area (Å²) in [6.45, 7) is 5.45. The second-order valence-corrected chi connectivity index (χ2v) is 4.44. The van der Waals surface area contributed by atoms with E-state index < -0.39 is 0 Å². The Kier molecular flexibility index (Phi) is 5.79. The van der Waals surface area contributed by atoms with E-state index in [0.29, 0.717) is 6.04 Å². The van der Waals surface area contributed by atoms with E-state index in [4.69, 9.17) is 0 Å². The van der Waals surface area contributed by atoms with Crippen LogP contribution in [-0.4, -0.2) is 22.6 Å². The van der Waals surface area contributed by atoms with Crippen molar-refractivity contribution >= 4 is 15.9 Å². The van der Waals surface area contributed by atoms with Gasteiger partial charge in [0.2, 0.25) is 0 Å². The van der Waals surface area contributed by atoms with E-state index in [9.17, 15) is 0 Å². The van der Waals surface area contributed by atoms with Gasteiger partial charge in [-0.3, -0.25) is 0 Å². The van der Waals surface area contributed by atoms with Gasteiger partial charge < -0.3 is 5.32 Å². The summed E-state index contributed by atoms with van der Waals surface area (Å²) >= 11 is 3.47. The molecule has 1 unspecified atom stereocenters. The second kappa shape index (κ2) is 6.90. The number of nitrogens with zero attached hydrogens (tertiary/aromatic N) is 2. The summed E-state index contributed by atoms with van der Waals surface area (Å²) in [5, 5.41) is 3.51. The molecule has 0 saturated heterocycles. The van der Waals surface area contributed by atoms with E-state index in [1.54, 1.807) is 12.5 Å². The fourth-order valence-corrected chi connectivity index (χ4v) is 1.81. The Balaban J connectivity index is 2.54. The van der Waals surface area contributed by atoms with Gasteiger partial charge in [0.05, 0.1) is 10.2 Å². The van der Waals surface area contributed by atoms with E-state index in [1.165, 1.54) is 6.42 Å². The third-order valence-corrected chi connectivity index (χ3v) is 3.02. The topological polar surface area (TPSA) is 37.8 Å². The average molecular weight is 272 g/mol. The first kappa shape index (κ1) is 12.6. The molecule has 0 amide bonds. The molecule has 0 aliphatic carbocycles. The summed E-state index contributed by atoms with van der Waals surface area (Å²) in [7, 11) is 0. The molecule has 0 spiro atoms. The highest BCUT2D eigenvalue weighted by atomic mass is 79.9. The van der Waals surface area contributed by atoms with Crippen molar-refractivity contribution in [1.29, 1.82) is 0 Å². The van der Waals surface area contributed by atoms with Crippen LogP contribution in [0, 0.1) is 0 Å². The Bertz CT molecular complexity index is 291. The van der Waals surface area contributed by atoms with Crippen molar-refractivity contribution in [2.45, 2.75) is 39.2 Å². The van der Waals surface area contributed by atoms with Gasteiger partial charge in [-0.15, -0.1) is 0 Å². The van der Waals surface area contributed by atoms with Crippen LogP contribution in [0.15, 0.2) is 17.0 Å². The van der Waals surface area contributed by atoms with Crippen LogP contribution in [0.1, 0.15) is 32.4 Å². The van der Waals surface area contributed by atoms with E-state index in [1.807, 2.05) is 0 Å². The smallest absolute Gasteiger partial charge is 0.115 e. The van der Waals surface area contributed by atoms with Crippen LogP contribution >= 0.6 is 15.9 Å². The molecule has 4 heteroatoms. The predicted molar refractivity (Wildman–Crippen MR) is 65.8 cm³/mol. The molecule has 0 saturated carbocycles. The lowest BCUT2D eigenvalue weighted by Crippen LogP contribution is -2.31. The first-order valence-corrected chi connectivity index (χ1v) is 6.25. The molecule has 3 nitrogen and oxygen atoms in total. The third-order valence-electron chi connectivity index (χ3n) is 2.36. The van der Waals surface area contributed by atoms with Crippen molar-refractivity contribution in [3.63, 3.8) is 0 Å². The Morgan fingerprint density at radius 2 is 2.27 bits per heavy atom. The van der Waals surface area contributed by atoms with Crippen LogP contribution in [0.4, 0.5) is 0 Å². The molecule has 1 rings (SSSR count). The molecule has 0 aromatic carbocycles. The molecule has 0 radical (unpaired) electrons. The monoisotopic (exact) mass is 271 g/mol. The first-order chi connectivity index (χ1) is 7.27. The molecule has 1 N–H and O–H groups in total. The molecule has 0 aliphatic rings. The fourth-order valence-electron chi connectivity index (χ4n) is 1.43. The minimum atomic E-state index is 0.510. The molecular weight excluding hydrogens is 254 g/mol. The maximum atomic E-state index is 4.28. The molecule has 1 aromatic rings. The van der Waals surface area contributed by atoms with Gasteiger partial charge in [-0.1, -0.05) is 13.8 Å². The van der Waals surface area contributed by atoms with Crippen LogP contribution in [0.2, 0.25) is 0 Å². The second-order valence-electron chi connectivity index (χ2n) is 3.58. The summed E-state index contributed by atoms with van der Waals surface area (Å²) in [5.74, 6) is 0. The van der Waals surface area contributed by atoms with E-state index >= 15 is 0 Å². The number of hydrogen-bond donors (Lipinski definition) is 1. The first-order valence-electron chi connectivity index (χ1n) is 5.45. The Morgan fingerprint density at radius 1 is 1.47 bits per heavy atom. The van der Waals surface area contributed by atoms with Crippen molar-refractivity contribution in [3.8, 4) is 0 Å². The van der Waals surface area contributed by atoms with Gasteiger partial charge >= 0.3 is 0 Å². The van der Waals surface area contributed by atoms with Gasteiger partial charge in [-0.2, -0.15) is 0 Å². The zero-order valence-corrected chi connectivity index (χ0v) is 10.9. The van der Waals surface area contributed by atoms with Crippen molar-refractivity contribution in [2.75, 3.05) is 6.54 Å². The quantitative estimate of drug-likeness (QED) is 0.864. The van der Waals surface area contributed by atoms with Gasteiger partial charge in [0.1, 0.15) is 6.33 Å². The van der Waals surface area contributed by atoms with E-state index in [0.717, 1.165) is 29.6 Å². The van der Waals surface area contributed by atoms with Crippen LogP contribution in [0.3, 0.4) is 0 Å². The fraction of sp³-hybridized carbons (Fsp3) is 0.636. The largest absolute Gasteiger partial charge is 0.314 e. The summed E-state index contributed by atoms with van der Waals surface area (Å²) < 4.78 is 1.00. The van der Waals surface area contributed by atoms with Crippen LogP contribution in [0.25, 0.3) is 0 Å². The molecule has 0 fully saturated rings. The Labute approximate surface area is 99.8 Å². The summed E-state index contributed by atoms with van der Waals surface area (Å²) in [4.78, 5) is 8.24. The highest BCUT2D eigenvalue weighted by Crippen LogP contribution is 2.14. The van der Waals surface area contributed by atoms with Gasteiger partial charge in [-0.25, -0.2) is 9.97 Å². The summed E-state index contributed by atoms with van der Waals surface area (Å²) in [6, 6.07) is 0.510. The van der Waals surface area contributed by atoms with Gasteiger partial charge in [0, 0.05) is 18.7 Å². The minimum Gasteiger partial charge on any atom is -0.314 e. The van der Waals surface area contributed by atoms with E-state index in [-0.39, 0.29) is 0 Å². The zero-order valence-electron chi connectivity index (χ0n) is 9.33. The Hall–Kier alpha value is -0.480. The van der Waals surface area contributed by atoms with Gasteiger partial charge in [-0.05, 0) is 35.3 Å². The Morgan fingerprint density at radius 3 is 2.87 bits per heavy atom. The third kappa shape index (κ3) is 4.26. The predicted octanol–water partition coefficient (Wildman–Crippen LogP) is 2.56. The van der Waals surface area contributed by atoms with Crippen LogP contribution in [-0.2, 0) is 6.42 Å². The normalized spacial score (nSPS) is 12.7. The minimum absolute atomic E-state index is 0.510. The number of nitrogens with one attached hydrogen (secondary N) is 1. The van der Waals surface area contributed by atoms with Crippen LogP contribution in [0.5, 0.6) is 0 Å². The maximum absolute atomic E-state index is 4.28. The molecule has 1 atom stereocenters. The lowest BCUT2D eigenvalue weighted by Gasteiger charge is -2.16. The maximum Gasteiger partial charge on any atom is 0.115 e. The zero-order chi connectivity index (χ0) is 11.1. The number of halogens is 1. The summed E-state index contributed by atoms with van der Waals surface area (Å²) in [6.07, 6.45) is 6.65. The van der Waals surface area contributed by atoms with Gasteiger partial charge in [0.25, 0.3) is 0 Å². The number of aromatic nitrogens is 2. The van der Waals surface area contributed by atoms with Crippen molar-refractivity contribution in [2.24, 2.45) is 0 Å². The number of rotatable bonds is 6. The highest BCUT2D eigenvalue weighted by molar-refractivity contribution is 9.10. The molecule has 1 heterocycles.